The zero-order chi connectivity index (χ0) is 13.6. The Labute approximate surface area is 120 Å². The number of halogens is 1. The highest BCUT2D eigenvalue weighted by molar-refractivity contribution is 9.10. The normalized spacial score (nSPS) is 13.6. The summed E-state index contributed by atoms with van der Waals surface area (Å²) in [5, 5.41) is 3.68. The minimum atomic E-state index is 0.316. The van der Waals surface area contributed by atoms with E-state index in [9.17, 15) is 0 Å². The van der Waals surface area contributed by atoms with Crippen molar-refractivity contribution < 1.29 is 0 Å². The second kappa shape index (κ2) is 7.30. The van der Waals surface area contributed by atoms with Crippen molar-refractivity contribution in [2.75, 3.05) is 6.54 Å². The van der Waals surface area contributed by atoms with E-state index in [2.05, 4.69) is 73.2 Å². The molecule has 1 aromatic rings. The average molecular weight is 312 g/mol. The molecule has 0 bridgehead atoms. The highest BCUT2D eigenvalue weighted by Crippen LogP contribution is 2.25. The lowest BCUT2D eigenvalue weighted by Gasteiger charge is -2.32. The third-order valence-electron chi connectivity index (χ3n) is 3.35. The molecule has 0 fully saturated rings. The Balaban J connectivity index is 2.59. The number of hydrogen-bond donors (Lipinski definition) is 1. The van der Waals surface area contributed by atoms with Crippen molar-refractivity contribution in [2.24, 2.45) is 5.41 Å². The maximum absolute atomic E-state index is 3.68. The molecule has 0 heterocycles. The van der Waals surface area contributed by atoms with Crippen molar-refractivity contribution >= 4 is 15.9 Å². The molecule has 0 aliphatic heterocycles. The van der Waals surface area contributed by atoms with Crippen molar-refractivity contribution in [3.63, 3.8) is 0 Å². The maximum atomic E-state index is 3.68. The Kier molecular flexibility index (Phi) is 6.37. The number of nitrogens with one attached hydrogen (secondary N) is 1. The molecule has 0 radical (unpaired) electrons. The van der Waals surface area contributed by atoms with E-state index in [1.807, 2.05) is 0 Å². The minimum Gasteiger partial charge on any atom is -0.313 e. The highest BCUT2D eigenvalue weighted by atomic mass is 79.9. The molecule has 0 saturated carbocycles. The van der Waals surface area contributed by atoms with Crippen molar-refractivity contribution in [1.82, 2.24) is 5.32 Å². The van der Waals surface area contributed by atoms with Gasteiger partial charge in [0.15, 0.2) is 0 Å². The fourth-order valence-electron chi connectivity index (χ4n) is 2.16. The van der Waals surface area contributed by atoms with E-state index < -0.39 is 0 Å². The summed E-state index contributed by atoms with van der Waals surface area (Å²) in [6, 6.07) is 9.10. The third kappa shape index (κ3) is 5.11. The molecule has 0 aromatic heterocycles. The molecule has 1 aromatic carbocycles. The molecule has 18 heavy (non-hydrogen) atoms. The summed E-state index contributed by atoms with van der Waals surface area (Å²) >= 11 is 3.63. The van der Waals surface area contributed by atoms with Gasteiger partial charge in [-0.15, -0.1) is 0 Å². The number of rotatable bonds is 6. The van der Waals surface area contributed by atoms with Gasteiger partial charge in [0.2, 0.25) is 0 Å². The van der Waals surface area contributed by atoms with Gasteiger partial charge in [0.1, 0.15) is 0 Å². The first-order chi connectivity index (χ1) is 8.45. The number of aryl methyl sites for hydroxylation is 1. The van der Waals surface area contributed by atoms with E-state index in [1.54, 1.807) is 0 Å². The lowest BCUT2D eigenvalue weighted by atomic mass is 9.83. The van der Waals surface area contributed by atoms with Crippen LogP contribution in [-0.2, 0) is 6.42 Å². The molecular formula is C16H26BrN. The summed E-state index contributed by atoms with van der Waals surface area (Å²) < 4.78 is 1.23. The van der Waals surface area contributed by atoms with Crippen LogP contribution in [0.4, 0.5) is 0 Å². The van der Waals surface area contributed by atoms with E-state index >= 15 is 0 Å². The smallest absolute Gasteiger partial charge is 0.0207 e. The van der Waals surface area contributed by atoms with Crippen LogP contribution in [0, 0.1) is 5.41 Å². The van der Waals surface area contributed by atoms with Crippen LogP contribution in [0.25, 0.3) is 0 Å². The molecule has 1 N–H and O–H groups in total. The third-order valence-corrected chi connectivity index (χ3v) is 4.12. The molecule has 1 unspecified atom stereocenters. The second-order valence-corrected chi connectivity index (χ2v) is 6.86. The summed E-state index contributed by atoms with van der Waals surface area (Å²) in [6.07, 6.45) is 3.51. The predicted molar refractivity (Wildman–Crippen MR) is 84.0 cm³/mol. The molecule has 0 aliphatic rings. The van der Waals surface area contributed by atoms with Gasteiger partial charge in [-0.2, -0.15) is 0 Å². The van der Waals surface area contributed by atoms with Crippen molar-refractivity contribution in [1.29, 1.82) is 0 Å². The van der Waals surface area contributed by atoms with Gasteiger partial charge in [-0.3, -0.25) is 0 Å². The Morgan fingerprint density at radius 3 is 2.44 bits per heavy atom. The van der Waals surface area contributed by atoms with E-state index in [0.29, 0.717) is 11.5 Å². The number of benzene rings is 1. The van der Waals surface area contributed by atoms with Gasteiger partial charge >= 0.3 is 0 Å². The first kappa shape index (κ1) is 15.7. The van der Waals surface area contributed by atoms with E-state index in [-0.39, 0.29) is 0 Å². The molecule has 1 nitrogen and oxygen atoms in total. The Morgan fingerprint density at radius 1 is 1.22 bits per heavy atom. The lowest BCUT2D eigenvalue weighted by Crippen LogP contribution is -2.41. The van der Waals surface area contributed by atoms with Crippen molar-refractivity contribution in [3.8, 4) is 0 Å². The minimum absolute atomic E-state index is 0.316. The van der Waals surface area contributed by atoms with Crippen molar-refractivity contribution in [2.45, 2.75) is 53.0 Å². The van der Waals surface area contributed by atoms with E-state index in [1.165, 1.54) is 22.9 Å². The first-order valence-corrected chi connectivity index (χ1v) is 7.71. The summed E-state index contributed by atoms with van der Waals surface area (Å²) in [5.41, 5.74) is 1.72. The highest BCUT2D eigenvalue weighted by Gasteiger charge is 2.23. The fraction of sp³-hybridized carbons (Fsp3) is 0.625. The maximum Gasteiger partial charge on any atom is 0.0207 e. The van der Waals surface area contributed by atoms with Crippen LogP contribution < -0.4 is 5.32 Å². The zero-order valence-electron chi connectivity index (χ0n) is 12.1. The van der Waals surface area contributed by atoms with E-state index in [0.717, 1.165) is 13.0 Å². The SMILES string of the molecule is CCCNC(CCc1ccccc1Br)C(C)(C)C. The Hall–Kier alpha value is -0.340. The molecule has 1 rings (SSSR count). The van der Waals surface area contributed by atoms with Crippen LogP contribution in [0.1, 0.15) is 46.1 Å². The summed E-state index contributed by atoms with van der Waals surface area (Å²) in [6.45, 7) is 10.3. The van der Waals surface area contributed by atoms with Gasteiger partial charge in [0.05, 0.1) is 0 Å². The largest absolute Gasteiger partial charge is 0.313 e. The predicted octanol–water partition coefficient (Wildman–Crippen LogP) is 4.80. The molecule has 102 valence electrons. The average Bonchev–Trinajstić information content (AvgIpc) is 2.29. The zero-order valence-corrected chi connectivity index (χ0v) is 13.7. The van der Waals surface area contributed by atoms with Gasteiger partial charge in [-0.25, -0.2) is 0 Å². The van der Waals surface area contributed by atoms with Crippen LogP contribution in [0.3, 0.4) is 0 Å². The van der Waals surface area contributed by atoms with Crippen LogP contribution >= 0.6 is 15.9 Å². The molecule has 0 amide bonds. The van der Waals surface area contributed by atoms with Gasteiger partial charge in [-0.05, 0) is 42.9 Å². The molecular weight excluding hydrogens is 286 g/mol. The van der Waals surface area contributed by atoms with Gasteiger partial charge in [0, 0.05) is 10.5 Å². The molecule has 2 heteroatoms. The molecule has 0 aliphatic carbocycles. The lowest BCUT2D eigenvalue weighted by molar-refractivity contribution is 0.255. The molecule has 0 spiro atoms. The summed E-state index contributed by atoms with van der Waals surface area (Å²) in [5.74, 6) is 0. The van der Waals surface area contributed by atoms with Crippen molar-refractivity contribution in [3.05, 3.63) is 34.3 Å². The van der Waals surface area contributed by atoms with Crippen LogP contribution in [0.5, 0.6) is 0 Å². The fourth-order valence-corrected chi connectivity index (χ4v) is 2.64. The Bertz CT molecular complexity index is 354. The summed E-state index contributed by atoms with van der Waals surface area (Å²) in [4.78, 5) is 0. The van der Waals surface area contributed by atoms with Gasteiger partial charge < -0.3 is 5.32 Å². The van der Waals surface area contributed by atoms with E-state index in [4.69, 9.17) is 0 Å². The first-order valence-electron chi connectivity index (χ1n) is 6.92. The van der Waals surface area contributed by atoms with Gasteiger partial charge in [0.25, 0.3) is 0 Å². The van der Waals surface area contributed by atoms with Gasteiger partial charge in [-0.1, -0.05) is 61.8 Å². The number of hydrogen-bond acceptors (Lipinski definition) is 1. The second-order valence-electron chi connectivity index (χ2n) is 6.00. The summed E-state index contributed by atoms with van der Waals surface area (Å²) in [7, 11) is 0. The quantitative estimate of drug-likeness (QED) is 0.796. The van der Waals surface area contributed by atoms with Crippen LogP contribution in [0.2, 0.25) is 0 Å². The van der Waals surface area contributed by atoms with Crippen LogP contribution in [0.15, 0.2) is 28.7 Å². The van der Waals surface area contributed by atoms with Crippen LogP contribution in [-0.4, -0.2) is 12.6 Å². The monoisotopic (exact) mass is 311 g/mol. The topological polar surface area (TPSA) is 12.0 Å². The molecule has 0 saturated heterocycles. The Morgan fingerprint density at radius 2 is 1.89 bits per heavy atom. The molecule has 1 atom stereocenters. The standard InChI is InChI=1S/C16H26BrN/c1-5-12-18-15(16(2,3)4)11-10-13-8-6-7-9-14(13)17/h6-9,15,18H,5,10-12H2,1-4H3.